The summed E-state index contributed by atoms with van der Waals surface area (Å²) in [6, 6.07) is 17.4. The Morgan fingerprint density at radius 3 is 2.68 bits per heavy atom. The molecule has 0 unspecified atom stereocenters. The Balaban J connectivity index is 1.50. The van der Waals surface area contributed by atoms with E-state index in [0.717, 1.165) is 22.8 Å². The van der Waals surface area contributed by atoms with Crippen LogP contribution in [-0.4, -0.2) is 32.1 Å². The molecule has 2 aromatic carbocycles. The van der Waals surface area contributed by atoms with Gasteiger partial charge in [0.2, 0.25) is 5.91 Å². The molecular formula is C19H17ClN4O. The zero-order valence-electron chi connectivity index (χ0n) is 13.6. The summed E-state index contributed by atoms with van der Waals surface area (Å²) < 4.78 is 2.10. The van der Waals surface area contributed by atoms with Crippen molar-refractivity contribution in [3.8, 4) is 11.4 Å². The lowest BCUT2D eigenvalue weighted by atomic mass is 10.1. The van der Waals surface area contributed by atoms with E-state index in [1.54, 1.807) is 0 Å². The Kier molecular flexibility index (Phi) is 4.24. The van der Waals surface area contributed by atoms with Crippen molar-refractivity contribution in [3.05, 3.63) is 71.0 Å². The largest absolute Gasteiger partial charge is 0.333 e. The fourth-order valence-electron chi connectivity index (χ4n) is 3.10. The number of fused-ring (bicyclic) bond motifs is 1. The molecule has 0 saturated carbocycles. The van der Waals surface area contributed by atoms with Gasteiger partial charge in [0, 0.05) is 23.7 Å². The minimum absolute atomic E-state index is 0.0813. The van der Waals surface area contributed by atoms with Gasteiger partial charge in [-0.15, -0.1) is 10.2 Å². The summed E-state index contributed by atoms with van der Waals surface area (Å²) >= 11 is 6.00. The molecule has 4 rings (SSSR count). The molecule has 0 radical (unpaired) electrons. The highest BCUT2D eigenvalue weighted by Crippen LogP contribution is 2.22. The molecule has 1 aliphatic heterocycles. The smallest absolute Gasteiger partial charge is 0.227 e. The van der Waals surface area contributed by atoms with E-state index >= 15 is 0 Å². The molecule has 1 aromatic heterocycles. The highest BCUT2D eigenvalue weighted by atomic mass is 35.5. The number of halogens is 1. The lowest BCUT2D eigenvalue weighted by Gasteiger charge is -2.28. The molecule has 5 nitrogen and oxygen atoms in total. The van der Waals surface area contributed by atoms with E-state index in [1.165, 1.54) is 0 Å². The van der Waals surface area contributed by atoms with E-state index in [-0.39, 0.29) is 5.91 Å². The van der Waals surface area contributed by atoms with Crippen LogP contribution in [0.1, 0.15) is 11.4 Å². The fraction of sp³-hybridized carbons (Fsp3) is 0.211. The number of hydrogen-bond acceptors (Lipinski definition) is 3. The molecule has 25 heavy (non-hydrogen) atoms. The Labute approximate surface area is 150 Å². The molecule has 2 heterocycles. The molecule has 1 amide bonds. The molecule has 1 aliphatic rings. The maximum Gasteiger partial charge on any atom is 0.227 e. The molecule has 6 heteroatoms. The predicted molar refractivity (Wildman–Crippen MR) is 96.0 cm³/mol. The number of carbonyl (C=O) groups excluding carboxylic acids is 1. The number of amides is 1. The van der Waals surface area contributed by atoms with E-state index in [4.69, 9.17) is 11.6 Å². The summed E-state index contributed by atoms with van der Waals surface area (Å²) in [5.41, 5.74) is 1.97. The molecule has 0 N–H and O–H groups in total. The number of carbonyl (C=O) groups is 1. The van der Waals surface area contributed by atoms with Crippen molar-refractivity contribution < 1.29 is 4.79 Å². The highest BCUT2D eigenvalue weighted by Gasteiger charge is 2.24. The van der Waals surface area contributed by atoms with Crippen LogP contribution in [0.2, 0.25) is 5.02 Å². The van der Waals surface area contributed by atoms with E-state index in [1.807, 2.05) is 59.5 Å². The third kappa shape index (κ3) is 3.28. The first-order chi connectivity index (χ1) is 12.2. The van der Waals surface area contributed by atoms with Crippen molar-refractivity contribution in [2.45, 2.75) is 19.5 Å². The minimum Gasteiger partial charge on any atom is -0.333 e. The van der Waals surface area contributed by atoms with Crippen molar-refractivity contribution in [2.75, 3.05) is 6.54 Å². The van der Waals surface area contributed by atoms with Gasteiger partial charge in [0.15, 0.2) is 11.6 Å². The molecule has 0 aliphatic carbocycles. The zero-order chi connectivity index (χ0) is 17.2. The average molecular weight is 353 g/mol. The first kappa shape index (κ1) is 15.8. The van der Waals surface area contributed by atoms with Crippen LogP contribution < -0.4 is 0 Å². The van der Waals surface area contributed by atoms with E-state index in [9.17, 15) is 4.79 Å². The van der Waals surface area contributed by atoms with Gasteiger partial charge in [-0.3, -0.25) is 4.79 Å². The van der Waals surface area contributed by atoms with Crippen molar-refractivity contribution in [1.82, 2.24) is 19.7 Å². The third-order valence-electron chi connectivity index (χ3n) is 4.38. The van der Waals surface area contributed by atoms with Gasteiger partial charge in [-0.1, -0.05) is 54.1 Å². The van der Waals surface area contributed by atoms with Gasteiger partial charge in [-0.25, -0.2) is 0 Å². The van der Waals surface area contributed by atoms with Gasteiger partial charge in [0.25, 0.3) is 0 Å². The Bertz CT molecular complexity index is 907. The normalized spacial score (nSPS) is 13.6. The van der Waals surface area contributed by atoms with Gasteiger partial charge in [-0.2, -0.15) is 0 Å². The van der Waals surface area contributed by atoms with Crippen LogP contribution in [0.4, 0.5) is 0 Å². The quantitative estimate of drug-likeness (QED) is 0.727. The maximum absolute atomic E-state index is 12.6. The lowest BCUT2D eigenvalue weighted by Crippen LogP contribution is -2.39. The summed E-state index contributed by atoms with van der Waals surface area (Å²) in [4.78, 5) is 14.4. The molecular weight excluding hydrogens is 336 g/mol. The molecule has 0 saturated heterocycles. The average Bonchev–Trinajstić information content (AvgIpc) is 3.05. The van der Waals surface area contributed by atoms with E-state index < -0.39 is 0 Å². The number of aromatic nitrogens is 3. The molecule has 0 spiro atoms. The molecule has 126 valence electrons. The van der Waals surface area contributed by atoms with Crippen LogP contribution >= 0.6 is 11.6 Å². The van der Waals surface area contributed by atoms with Crippen LogP contribution in [0.3, 0.4) is 0 Å². The standard InChI is InChI=1S/C19H17ClN4O/c20-16-8-4-5-14(11-16)12-18(25)23-9-10-24-17(13-23)21-22-19(24)15-6-2-1-3-7-15/h1-8,11H,9-10,12-13H2. The molecule has 0 bridgehead atoms. The van der Waals surface area contributed by atoms with Crippen LogP contribution in [0, 0.1) is 0 Å². The van der Waals surface area contributed by atoms with Crippen molar-refractivity contribution in [1.29, 1.82) is 0 Å². The number of rotatable bonds is 3. The second-order valence-corrected chi connectivity index (χ2v) is 6.52. The summed E-state index contributed by atoms with van der Waals surface area (Å²) in [7, 11) is 0. The topological polar surface area (TPSA) is 51.0 Å². The van der Waals surface area contributed by atoms with Gasteiger partial charge >= 0.3 is 0 Å². The predicted octanol–water partition coefficient (Wildman–Crippen LogP) is 3.18. The number of nitrogens with zero attached hydrogens (tertiary/aromatic N) is 4. The fourth-order valence-corrected chi connectivity index (χ4v) is 3.32. The van der Waals surface area contributed by atoms with Crippen LogP contribution in [0.25, 0.3) is 11.4 Å². The van der Waals surface area contributed by atoms with E-state index in [0.29, 0.717) is 31.1 Å². The first-order valence-electron chi connectivity index (χ1n) is 8.20. The summed E-state index contributed by atoms with van der Waals surface area (Å²) in [5.74, 6) is 1.76. The Morgan fingerprint density at radius 1 is 1.04 bits per heavy atom. The third-order valence-corrected chi connectivity index (χ3v) is 4.62. The Morgan fingerprint density at radius 2 is 1.88 bits per heavy atom. The van der Waals surface area contributed by atoms with E-state index in [2.05, 4.69) is 14.8 Å². The molecule has 0 atom stereocenters. The van der Waals surface area contributed by atoms with Crippen LogP contribution in [0.5, 0.6) is 0 Å². The van der Waals surface area contributed by atoms with Gasteiger partial charge < -0.3 is 9.47 Å². The van der Waals surface area contributed by atoms with Gasteiger partial charge in [0.05, 0.1) is 13.0 Å². The van der Waals surface area contributed by atoms with Crippen molar-refractivity contribution in [3.63, 3.8) is 0 Å². The van der Waals surface area contributed by atoms with Crippen LogP contribution in [-0.2, 0) is 24.3 Å². The number of benzene rings is 2. The summed E-state index contributed by atoms with van der Waals surface area (Å²) in [6.45, 7) is 1.84. The van der Waals surface area contributed by atoms with Gasteiger partial charge in [-0.05, 0) is 17.7 Å². The summed E-state index contributed by atoms with van der Waals surface area (Å²) in [6.07, 6.45) is 0.347. The lowest BCUT2D eigenvalue weighted by molar-refractivity contribution is -0.132. The summed E-state index contributed by atoms with van der Waals surface area (Å²) in [5, 5.41) is 9.25. The monoisotopic (exact) mass is 352 g/mol. The van der Waals surface area contributed by atoms with Crippen molar-refractivity contribution >= 4 is 17.5 Å². The SMILES string of the molecule is O=C(Cc1cccc(Cl)c1)N1CCn2c(nnc2-c2ccccc2)C1. The Hall–Kier alpha value is -2.66. The molecule has 0 fully saturated rings. The first-order valence-corrected chi connectivity index (χ1v) is 8.58. The second kappa shape index (κ2) is 6.69. The zero-order valence-corrected chi connectivity index (χ0v) is 14.4. The van der Waals surface area contributed by atoms with Crippen LogP contribution in [0.15, 0.2) is 54.6 Å². The minimum atomic E-state index is 0.0813. The molecule has 3 aromatic rings. The number of hydrogen-bond donors (Lipinski definition) is 0. The second-order valence-electron chi connectivity index (χ2n) is 6.08. The maximum atomic E-state index is 12.6. The van der Waals surface area contributed by atoms with Crippen molar-refractivity contribution in [2.24, 2.45) is 0 Å². The highest BCUT2D eigenvalue weighted by molar-refractivity contribution is 6.30. The van der Waals surface area contributed by atoms with Gasteiger partial charge in [0.1, 0.15) is 0 Å².